The highest BCUT2D eigenvalue weighted by Crippen LogP contribution is 2.24. The molecule has 0 saturated carbocycles. The normalized spacial score (nSPS) is 11.3. The van der Waals surface area contributed by atoms with Crippen LogP contribution in [0.4, 0.5) is 0 Å². The van der Waals surface area contributed by atoms with Gasteiger partial charge in [-0.25, -0.2) is 4.98 Å². The topological polar surface area (TPSA) is 52.7 Å². The van der Waals surface area contributed by atoms with Crippen molar-refractivity contribution in [2.45, 2.75) is 51.2 Å². The van der Waals surface area contributed by atoms with Gasteiger partial charge in [-0.05, 0) is 38.3 Å². The van der Waals surface area contributed by atoms with E-state index in [9.17, 15) is 4.79 Å². The Morgan fingerprint density at radius 2 is 1.77 bits per heavy atom. The molecule has 0 bridgehead atoms. The van der Waals surface area contributed by atoms with Crippen LogP contribution in [0.3, 0.4) is 0 Å². The fraction of sp³-hybridized carbons (Fsp3) is 0.292. The molecule has 0 aliphatic rings. The lowest BCUT2D eigenvalue weighted by Crippen LogP contribution is -2.26. The number of nitrogens with zero attached hydrogens (tertiary/aromatic N) is 4. The number of benzene rings is 2. The quantitative estimate of drug-likeness (QED) is 0.321. The molecule has 0 aliphatic carbocycles. The van der Waals surface area contributed by atoms with E-state index in [1.54, 1.807) is 16.4 Å². The second kappa shape index (κ2) is 8.88. The zero-order valence-corrected chi connectivity index (χ0v) is 18.4. The molecule has 4 rings (SSSR count). The van der Waals surface area contributed by atoms with Crippen molar-refractivity contribution in [2.75, 3.05) is 0 Å². The average molecular weight is 419 g/mol. The SMILES string of the molecule is CCn1nc(C)c2nc(SCc3cccc(C)c3)n(CCc3ccccc3)c(=O)c21. The van der Waals surface area contributed by atoms with Crippen LogP contribution in [0.15, 0.2) is 64.5 Å². The summed E-state index contributed by atoms with van der Waals surface area (Å²) in [6.45, 7) is 7.26. The molecular formula is C24H26N4OS. The average Bonchev–Trinajstić information content (AvgIpc) is 3.08. The molecule has 0 fully saturated rings. The molecule has 0 unspecified atom stereocenters. The molecule has 0 atom stereocenters. The number of aromatic nitrogens is 4. The summed E-state index contributed by atoms with van der Waals surface area (Å²) in [6, 6.07) is 18.7. The van der Waals surface area contributed by atoms with Gasteiger partial charge >= 0.3 is 0 Å². The van der Waals surface area contributed by atoms with Crippen molar-refractivity contribution in [3.05, 3.63) is 87.3 Å². The van der Waals surface area contributed by atoms with Gasteiger partial charge in [0.25, 0.3) is 5.56 Å². The second-order valence-corrected chi connectivity index (χ2v) is 8.41. The van der Waals surface area contributed by atoms with Gasteiger partial charge < -0.3 is 0 Å². The van der Waals surface area contributed by atoms with Gasteiger partial charge in [0.15, 0.2) is 10.7 Å². The van der Waals surface area contributed by atoms with E-state index in [2.05, 4.69) is 48.4 Å². The van der Waals surface area contributed by atoms with Crippen LogP contribution in [0.2, 0.25) is 0 Å². The van der Waals surface area contributed by atoms with Crippen molar-refractivity contribution in [3.63, 3.8) is 0 Å². The van der Waals surface area contributed by atoms with Crippen LogP contribution in [0.1, 0.15) is 29.3 Å². The van der Waals surface area contributed by atoms with Crippen molar-refractivity contribution >= 4 is 22.8 Å². The number of fused-ring (bicyclic) bond motifs is 1. The number of hydrogen-bond acceptors (Lipinski definition) is 4. The highest BCUT2D eigenvalue weighted by atomic mass is 32.2. The van der Waals surface area contributed by atoms with Crippen LogP contribution in [0, 0.1) is 13.8 Å². The summed E-state index contributed by atoms with van der Waals surface area (Å²) >= 11 is 1.61. The van der Waals surface area contributed by atoms with E-state index in [0.29, 0.717) is 24.1 Å². The number of rotatable bonds is 7. The van der Waals surface area contributed by atoms with E-state index in [1.165, 1.54) is 16.7 Å². The summed E-state index contributed by atoms with van der Waals surface area (Å²) in [5.41, 5.74) is 5.77. The Morgan fingerprint density at radius 3 is 2.50 bits per heavy atom. The largest absolute Gasteiger partial charge is 0.285 e. The summed E-state index contributed by atoms with van der Waals surface area (Å²) in [5, 5.41) is 5.28. The number of hydrogen-bond donors (Lipinski definition) is 0. The molecule has 0 amide bonds. The lowest BCUT2D eigenvalue weighted by molar-refractivity contribution is 0.587. The third-order valence-electron chi connectivity index (χ3n) is 5.20. The van der Waals surface area contributed by atoms with Gasteiger partial charge in [-0.1, -0.05) is 71.9 Å². The zero-order valence-electron chi connectivity index (χ0n) is 17.6. The molecule has 2 aromatic carbocycles. The molecule has 5 nitrogen and oxygen atoms in total. The predicted octanol–water partition coefficient (Wildman–Crippen LogP) is 4.76. The van der Waals surface area contributed by atoms with Crippen LogP contribution in [-0.4, -0.2) is 19.3 Å². The number of aryl methyl sites for hydroxylation is 4. The minimum atomic E-state index is -0.00915. The monoisotopic (exact) mass is 418 g/mol. The van der Waals surface area contributed by atoms with E-state index in [4.69, 9.17) is 4.98 Å². The highest BCUT2D eigenvalue weighted by molar-refractivity contribution is 7.98. The van der Waals surface area contributed by atoms with E-state index in [1.807, 2.05) is 36.6 Å². The van der Waals surface area contributed by atoms with Crippen molar-refractivity contribution in [1.29, 1.82) is 0 Å². The molecule has 0 aliphatic heterocycles. The van der Waals surface area contributed by atoms with Gasteiger partial charge in [0.05, 0.1) is 5.69 Å². The molecule has 30 heavy (non-hydrogen) atoms. The predicted molar refractivity (Wildman–Crippen MR) is 123 cm³/mol. The van der Waals surface area contributed by atoms with E-state index >= 15 is 0 Å². The Kier molecular flexibility index (Phi) is 6.04. The van der Waals surface area contributed by atoms with Crippen LogP contribution < -0.4 is 5.56 Å². The first-order valence-electron chi connectivity index (χ1n) is 10.3. The van der Waals surface area contributed by atoms with Crippen LogP contribution >= 0.6 is 11.8 Å². The summed E-state index contributed by atoms with van der Waals surface area (Å²) < 4.78 is 3.59. The van der Waals surface area contributed by atoms with E-state index < -0.39 is 0 Å². The minimum Gasteiger partial charge on any atom is -0.285 e. The molecule has 2 heterocycles. The van der Waals surface area contributed by atoms with Crippen LogP contribution in [0.5, 0.6) is 0 Å². The Labute approximate surface area is 180 Å². The Morgan fingerprint density at radius 1 is 1.00 bits per heavy atom. The second-order valence-electron chi connectivity index (χ2n) is 7.46. The first-order valence-corrected chi connectivity index (χ1v) is 11.3. The lowest BCUT2D eigenvalue weighted by atomic mass is 10.1. The van der Waals surface area contributed by atoms with Gasteiger partial charge in [0, 0.05) is 18.8 Å². The summed E-state index contributed by atoms with van der Waals surface area (Å²) in [4.78, 5) is 18.4. The van der Waals surface area contributed by atoms with Crippen LogP contribution in [0.25, 0.3) is 11.0 Å². The molecule has 0 saturated heterocycles. The van der Waals surface area contributed by atoms with Gasteiger partial charge in [0.2, 0.25) is 0 Å². The maximum Gasteiger partial charge on any atom is 0.280 e. The molecule has 2 aromatic heterocycles. The molecule has 4 aromatic rings. The Balaban J connectivity index is 1.73. The molecule has 154 valence electrons. The van der Waals surface area contributed by atoms with Gasteiger partial charge in [-0.2, -0.15) is 5.10 Å². The van der Waals surface area contributed by atoms with Gasteiger partial charge in [-0.15, -0.1) is 0 Å². The van der Waals surface area contributed by atoms with Crippen LogP contribution in [-0.2, 0) is 25.3 Å². The Bertz CT molecular complexity index is 1230. The van der Waals surface area contributed by atoms with Crippen molar-refractivity contribution < 1.29 is 0 Å². The summed E-state index contributed by atoms with van der Waals surface area (Å²) in [6.07, 6.45) is 0.783. The molecule has 0 N–H and O–H groups in total. The molecular weight excluding hydrogens is 392 g/mol. The van der Waals surface area contributed by atoms with Crippen molar-refractivity contribution in [1.82, 2.24) is 19.3 Å². The molecule has 0 radical (unpaired) electrons. The number of thioether (sulfide) groups is 1. The first-order chi connectivity index (χ1) is 14.6. The first kappa shape index (κ1) is 20.4. The van der Waals surface area contributed by atoms with Crippen molar-refractivity contribution in [3.8, 4) is 0 Å². The standard InChI is InChI=1S/C24H26N4OS/c1-4-28-22-21(18(3)26-28)25-24(30-16-20-12-8-9-17(2)15-20)27(23(22)29)14-13-19-10-6-5-7-11-19/h5-12,15H,4,13-14,16H2,1-3H3. The summed E-state index contributed by atoms with van der Waals surface area (Å²) in [7, 11) is 0. The smallest absolute Gasteiger partial charge is 0.280 e. The molecule has 6 heteroatoms. The van der Waals surface area contributed by atoms with E-state index in [0.717, 1.165) is 23.0 Å². The molecule has 0 spiro atoms. The third-order valence-corrected chi connectivity index (χ3v) is 6.25. The minimum absolute atomic E-state index is 0.00915. The fourth-order valence-corrected chi connectivity index (χ4v) is 4.62. The van der Waals surface area contributed by atoms with Gasteiger partial charge in [0.1, 0.15) is 5.52 Å². The van der Waals surface area contributed by atoms with E-state index in [-0.39, 0.29) is 5.56 Å². The summed E-state index contributed by atoms with van der Waals surface area (Å²) in [5.74, 6) is 0.770. The third kappa shape index (κ3) is 4.19. The van der Waals surface area contributed by atoms with Crippen molar-refractivity contribution in [2.24, 2.45) is 0 Å². The van der Waals surface area contributed by atoms with Gasteiger partial charge in [-0.3, -0.25) is 14.0 Å². The maximum atomic E-state index is 13.5. The maximum absolute atomic E-state index is 13.5. The Hall–Kier alpha value is -2.86. The fourth-order valence-electron chi connectivity index (χ4n) is 3.66. The highest BCUT2D eigenvalue weighted by Gasteiger charge is 2.18. The lowest BCUT2D eigenvalue weighted by Gasteiger charge is -2.13. The zero-order chi connectivity index (χ0) is 21.1.